The third-order valence-electron chi connectivity index (χ3n) is 4.49. The SMILES string of the molecule is Cc1cc(N2CCN(c3ccccn3)CC2)nc(-n2ccc(C(F)(F)F)n2)n1. The maximum absolute atomic E-state index is 12.8. The summed E-state index contributed by atoms with van der Waals surface area (Å²) < 4.78 is 39.5. The van der Waals surface area contributed by atoms with Crippen molar-refractivity contribution in [3.8, 4) is 5.95 Å². The number of halogens is 3. The first-order valence-corrected chi connectivity index (χ1v) is 8.80. The summed E-state index contributed by atoms with van der Waals surface area (Å²) in [4.78, 5) is 17.3. The van der Waals surface area contributed by atoms with Crippen molar-refractivity contribution in [1.29, 1.82) is 0 Å². The average molecular weight is 389 g/mol. The van der Waals surface area contributed by atoms with E-state index >= 15 is 0 Å². The van der Waals surface area contributed by atoms with Crippen LogP contribution in [0.2, 0.25) is 0 Å². The standard InChI is InChI=1S/C18H18F3N7/c1-13-12-16(24-17(23-13)28-7-5-14(25-28)18(19,20)21)27-10-8-26(9-11-27)15-4-2-3-6-22-15/h2-7,12H,8-11H2,1H3. The first-order valence-electron chi connectivity index (χ1n) is 8.80. The largest absolute Gasteiger partial charge is 0.435 e. The number of hydrogen-bond acceptors (Lipinski definition) is 6. The number of alkyl halides is 3. The number of aromatic nitrogens is 5. The molecular weight excluding hydrogens is 371 g/mol. The lowest BCUT2D eigenvalue weighted by Crippen LogP contribution is -2.47. The molecular formula is C18H18F3N7. The van der Waals surface area contributed by atoms with Gasteiger partial charge in [-0.25, -0.2) is 14.6 Å². The Morgan fingerprint density at radius 2 is 1.64 bits per heavy atom. The van der Waals surface area contributed by atoms with E-state index in [9.17, 15) is 13.2 Å². The lowest BCUT2D eigenvalue weighted by atomic mass is 10.3. The molecule has 0 saturated carbocycles. The monoisotopic (exact) mass is 389 g/mol. The highest BCUT2D eigenvalue weighted by Crippen LogP contribution is 2.28. The number of aryl methyl sites for hydroxylation is 1. The first kappa shape index (κ1) is 18.2. The fourth-order valence-electron chi connectivity index (χ4n) is 3.09. The van der Waals surface area contributed by atoms with Crippen molar-refractivity contribution in [3.63, 3.8) is 0 Å². The Bertz CT molecular complexity index is 947. The number of nitrogens with zero attached hydrogens (tertiary/aromatic N) is 7. The Morgan fingerprint density at radius 1 is 0.929 bits per heavy atom. The predicted molar refractivity (Wildman–Crippen MR) is 97.6 cm³/mol. The van der Waals surface area contributed by atoms with Gasteiger partial charge in [0, 0.05) is 50.3 Å². The van der Waals surface area contributed by atoms with E-state index in [1.54, 1.807) is 13.1 Å². The highest BCUT2D eigenvalue weighted by atomic mass is 19.4. The highest BCUT2D eigenvalue weighted by Gasteiger charge is 2.34. The van der Waals surface area contributed by atoms with Crippen LogP contribution in [0.1, 0.15) is 11.4 Å². The molecule has 0 bridgehead atoms. The molecule has 0 amide bonds. The van der Waals surface area contributed by atoms with Gasteiger partial charge >= 0.3 is 6.18 Å². The Labute approximate surface area is 159 Å². The van der Waals surface area contributed by atoms with Crippen molar-refractivity contribution in [3.05, 3.63) is 54.1 Å². The van der Waals surface area contributed by atoms with E-state index in [1.165, 1.54) is 6.20 Å². The van der Waals surface area contributed by atoms with E-state index in [4.69, 9.17) is 0 Å². The molecule has 4 heterocycles. The van der Waals surface area contributed by atoms with Crippen LogP contribution in [-0.4, -0.2) is 50.9 Å². The Hall–Kier alpha value is -3.17. The molecule has 7 nitrogen and oxygen atoms in total. The van der Waals surface area contributed by atoms with Gasteiger partial charge < -0.3 is 9.80 Å². The molecule has 0 N–H and O–H groups in total. The molecule has 3 aromatic rings. The van der Waals surface area contributed by atoms with Crippen LogP contribution in [0, 0.1) is 6.92 Å². The van der Waals surface area contributed by atoms with Crippen LogP contribution in [0.3, 0.4) is 0 Å². The summed E-state index contributed by atoms with van der Waals surface area (Å²) in [5.74, 6) is 1.72. The summed E-state index contributed by atoms with van der Waals surface area (Å²) in [5.41, 5.74) is -0.306. The van der Waals surface area contributed by atoms with E-state index in [2.05, 4.69) is 29.9 Å². The van der Waals surface area contributed by atoms with Crippen LogP contribution in [-0.2, 0) is 6.18 Å². The lowest BCUT2D eigenvalue weighted by molar-refractivity contribution is -0.141. The molecule has 0 radical (unpaired) electrons. The zero-order valence-electron chi connectivity index (χ0n) is 15.1. The third kappa shape index (κ3) is 3.75. The van der Waals surface area contributed by atoms with Crippen molar-refractivity contribution >= 4 is 11.6 Å². The van der Waals surface area contributed by atoms with Crippen LogP contribution < -0.4 is 9.80 Å². The number of rotatable bonds is 3. The number of hydrogen-bond donors (Lipinski definition) is 0. The smallest absolute Gasteiger partial charge is 0.353 e. The number of piperazine rings is 1. The fraction of sp³-hybridized carbons (Fsp3) is 0.333. The molecule has 1 fully saturated rings. The van der Waals surface area contributed by atoms with E-state index in [0.717, 1.165) is 42.7 Å². The van der Waals surface area contributed by atoms with Crippen molar-refractivity contribution < 1.29 is 13.2 Å². The Balaban J connectivity index is 1.53. The molecule has 28 heavy (non-hydrogen) atoms. The number of anilines is 2. The molecule has 0 atom stereocenters. The van der Waals surface area contributed by atoms with Crippen molar-refractivity contribution in [2.75, 3.05) is 36.0 Å². The maximum Gasteiger partial charge on any atom is 0.435 e. The van der Waals surface area contributed by atoms with E-state index in [1.807, 2.05) is 24.3 Å². The zero-order valence-corrected chi connectivity index (χ0v) is 15.1. The quantitative estimate of drug-likeness (QED) is 0.687. The summed E-state index contributed by atoms with van der Waals surface area (Å²) in [6, 6.07) is 8.54. The van der Waals surface area contributed by atoms with Crippen molar-refractivity contribution in [2.45, 2.75) is 13.1 Å². The van der Waals surface area contributed by atoms with E-state index < -0.39 is 11.9 Å². The van der Waals surface area contributed by atoms with Crippen LogP contribution in [0.5, 0.6) is 0 Å². The first-order chi connectivity index (χ1) is 13.4. The molecule has 0 unspecified atom stereocenters. The average Bonchev–Trinajstić information content (AvgIpc) is 3.19. The molecule has 10 heteroatoms. The summed E-state index contributed by atoms with van der Waals surface area (Å²) in [7, 11) is 0. The van der Waals surface area contributed by atoms with E-state index in [0.29, 0.717) is 11.5 Å². The molecule has 146 valence electrons. The minimum Gasteiger partial charge on any atom is -0.353 e. The molecule has 1 aliphatic heterocycles. The summed E-state index contributed by atoms with van der Waals surface area (Å²) in [6.07, 6.45) is -1.51. The molecule has 0 spiro atoms. The van der Waals surface area contributed by atoms with Crippen molar-refractivity contribution in [1.82, 2.24) is 24.7 Å². The molecule has 0 aliphatic carbocycles. The molecule has 3 aromatic heterocycles. The molecule has 1 saturated heterocycles. The second kappa shape index (κ2) is 7.10. The van der Waals surface area contributed by atoms with Gasteiger partial charge in [-0.2, -0.15) is 23.3 Å². The predicted octanol–water partition coefficient (Wildman–Crippen LogP) is 2.71. The topological polar surface area (TPSA) is 63.0 Å². The normalized spacial score (nSPS) is 15.1. The minimum atomic E-state index is -4.50. The Morgan fingerprint density at radius 3 is 2.25 bits per heavy atom. The van der Waals surface area contributed by atoms with Crippen LogP contribution in [0.15, 0.2) is 42.7 Å². The van der Waals surface area contributed by atoms with Crippen LogP contribution in [0.4, 0.5) is 24.8 Å². The fourth-order valence-corrected chi connectivity index (χ4v) is 3.09. The number of pyridine rings is 1. The van der Waals surface area contributed by atoms with Crippen LogP contribution in [0.25, 0.3) is 5.95 Å². The second-order valence-electron chi connectivity index (χ2n) is 6.47. The van der Waals surface area contributed by atoms with Gasteiger partial charge in [0.25, 0.3) is 5.95 Å². The maximum atomic E-state index is 12.8. The summed E-state index contributed by atoms with van der Waals surface area (Å²) in [6.45, 7) is 4.77. The van der Waals surface area contributed by atoms with Gasteiger partial charge in [0.2, 0.25) is 0 Å². The van der Waals surface area contributed by atoms with Gasteiger partial charge in [-0.3, -0.25) is 0 Å². The Kier molecular flexibility index (Phi) is 4.62. The van der Waals surface area contributed by atoms with Gasteiger partial charge in [-0.1, -0.05) is 6.07 Å². The third-order valence-corrected chi connectivity index (χ3v) is 4.49. The van der Waals surface area contributed by atoms with Gasteiger partial charge in [0.05, 0.1) is 0 Å². The van der Waals surface area contributed by atoms with E-state index in [-0.39, 0.29) is 5.95 Å². The zero-order chi connectivity index (χ0) is 19.7. The molecule has 4 rings (SSSR count). The highest BCUT2D eigenvalue weighted by molar-refractivity contribution is 5.46. The lowest BCUT2D eigenvalue weighted by Gasteiger charge is -2.36. The van der Waals surface area contributed by atoms with Gasteiger partial charge in [-0.15, -0.1) is 0 Å². The molecule has 0 aromatic carbocycles. The summed E-state index contributed by atoms with van der Waals surface area (Å²) >= 11 is 0. The van der Waals surface area contributed by atoms with Crippen molar-refractivity contribution in [2.24, 2.45) is 0 Å². The van der Waals surface area contributed by atoms with Gasteiger partial charge in [0.15, 0.2) is 5.69 Å². The van der Waals surface area contributed by atoms with Crippen LogP contribution >= 0.6 is 0 Å². The molecule has 1 aliphatic rings. The summed E-state index contributed by atoms with van der Waals surface area (Å²) in [5, 5.41) is 3.56. The van der Waals surface area contributed by atoms with Gasteiger partial charge in [-0.05, 0) is 25.1 Å². The van der Waals surface area contributed by atoms with Gasteiger partial charge in [0.1, 0.15) is 11.6 Å². The second-order valence-corrected chi connectivity index (χ2v) is 6.47. The minimum absolute atomic E-state index is 0.123.